The fourth-order valence-corrected chi connectivity index (χ4v) is 1.87. The third-order valence-corrected chi connectivity index (χ3v) is 3.01. The molecule has 3 aromatic rings. The number of nitrogens with one attached hydrogen (secondary N) is 2. The van der Waals surface area contributed by atoms with E-state index in [1.54, 1.807) is 31.4 Å². The van der Waals surface area contributed by atoms with Crippen LogP contribution in [0.1, 0.15) is 10.6 Å². The highest BCUT2D eigenvalue weighted by molar-refractivity contribution is 6.01. The zero-order valence-corrected chi connectivity index (χ0v) is 12.3. The summed E-state index contributed by atoms with van der Waals surface area (Å²) in [6, 6.07) is 14.0. The molecule has 116 valence electrons. The first kappa shape index (κ1) is 14.6. The monoisotopic (exact) mass is 310 g/mol. The second-order valence-corrected chi connectivity index (χ2v) is 4.59. The standard InChI is InChI=1S/C16H14N4O3/c1-22-12-6-4-11(5-7-12)17-14-8-9-15(20-19-14)18-16(21)13-3-2-10-23-13/h2-10H,1H3,(H,17,19)(H,18,20,21). The molecule has 0 bridgehead atoms. The maximum Gasteiger partial charge on any atom is 0.292 e. The number of rotatable bonds is 5. The highest BCUT2D eigenvalue weighted by atomic mass is 16.5. The number of benzene rings is 1. The Morgan fingerprint density at radius 3 is 2.39 bits per heavy atom. The Labute approximate surface area is 132 Å². The second-order valence-electron chi connectivity index (χ2n) is 4.59. The van der Waals surface area contributed by atoms with Crippen molar-refractivity contribution in [3.05, 3.63) is 60.6 Å². The molecule has 7 nitrogen and oxygen atoms in total. The van der Waals surface area contributed by atoms with E-state index in [-0.39, 0.29) is 11.7 Å². The second kappa shape index (κ2) is 6.61. The van der Waals surface area contributed by atoms with Crippen LogP contribution in [0.3, 0.4) is 0 Å². The number of amides is 1. The molecule has 0 unspecified atom stereocenters. The molecule has 2 heterocycles. The number of carbonyl (C=O) groups is 1. The maximum atomic E-state index is 11.8. The minimum Gasteiger partial charge on any atom is -0.497 e. The summed E-state index contributed by atoms with van der Waals surface area (Å²) >= 11 is 0. The molecule has 0 aliphatic carbocycles. The largest absolute Gasteiger partial charge is 0.497 e. The first-order chi connectivity index (χ1) is 11.2. The summed E-state index contributed by atoms with van der Waals surface area (Å²) in [5.41, 5.74) is 0.854. The van der Waals surface area contributed by atoms with E-state index in [9.17, 15) is 4.79 Å². The summed E-state index contributed by atoms with van der Waals surface area (Å²) in [7, 11) is 1.61. The minimum absolute atomic E-state index is 0.215. The molecular weight excluding hydrogens is 296 g/mol. The highest BCUT2D eigenvalue weighted by Gasteiger charge is 2.09. The molecule has 0 atom stereocenters. The number of hydrogen-bond donors (Lipinski definition) is 2. The van der Waals surface area contributed by atoms with E-state index in [0.717, 1.165) is 11.4 Å². The Bertz CT molecular complexity index is 768. The lowest BCUT2D eigenvalue weighted by molar-refractivity contribution is 0.0996. The van der Waals surface area contributed by atoms with E-state index >= 15 is 0 Å². The molecule has 23 heavy (non-hydrogen) atoms. The van der Waals surface area contributed by atoms with Crippen molar-refractivity contribution < 1.29 is 13.9 Å². The number of methoxy groups -OCH3 is 1. The van der Waals surface area contributed by atoms with Crippen LogP contribution in [0.2, 0.25) is 0 Å². The molecule has 0 radical (unpaired) electrons. The summed E-state index contributed by atoms with van der Waals surface area (Å²) in [6.07, 6.45) is 1.43. The smallest absolute Gasteiger partial charge is 0.292 e. The topological polar surface area (TPSA) is 89.3 Å². The lowest BCUT2D eigenvalue weighted by Crippen LogP contribution is -2.12. The van der Waals surface area contributed by atoms with Crippen LogP contribution in [0, 0.1) is 0 Å². The van der Waals surface area contributed by atoms with Gasteiger partial charge in [0.05, 0.1) is 13.4 Å². The van der Waals surface area contributed by atoms with Gasteiger partial charge in [-0.25, -0.2) is 0 Å². The molecule has 3 rings (SSSR count). The Balaban J connectivity index is 1.63. The number of furan rings is 1. The normalized spacial score (nSPS) is 10.1. The molecule has 0 aliphatic heterocycles. The van der Waals surface area contributed by atoms with Gasteiger partial charge in [0, 0.05) is 5.69 Å². The van der Waals surface area contributed by atoms with Gasteiger partial charge in [0.2, 0.25) is 0 Å². The molecule has 2 aromatic heterocycles. The Morgan fingerprint density at radius 1 is 1.04 bits per heavy atom. The number of anilines is 3. The zero-order chi connectivity index (χ0) is 16.1. The Kier molecular flexibility index (Phi) is 4.19. The van der Waals surface area contributed by atoms with E-state index in [1.807, 2.05) is 24.3 Å². The number of ether oxygens (including phenoxy) is 1. The quantitative estimate of drug-likeness (QED) is 0.753. The Morgan fingerprint density at radius 2 is 1.78 bits per heavy atom. The molecule has 7 heteroatoms. The van der Waals surface area contributed by atoms with E-state index in [2.05, 4.69) is 20.8 Å². The van der Waals surface area contributed by atoms with Crippen LogP contribution in [0.4, 0.5) is 17.3 Å². The van der Waals surface area contributed by atoms with E-state index in [1.165, 1.54) is 6.26 Å². The number of hydrogen-bond acceptors (Lipinski definition) is 6. The van der Waals surface area contributed by atoms with Crippen LogP contribution in [0.25, 0.3) is 0 Å². The van der Waals surface area contributed by atoms with Gasteiger partial charge in [-0.2, -0.15) is 0 Å². The SMILES string of the molecule is COc1ccc(Nc2ccc(NC(=O)c3ccco3)nn2)cc1. The average molecular weight is 310 g/mol. The minimum atomic E-state index is -0.375. The van der Waals surface area contributed by atoms with Gasteiger partial charge in [-0.3, -0.25) is 4.79 Å². The summed E-state index contributed by atoms with van der Waals surface area (Å²) in [4.78, 5) is 11.8. The van der Waals surface area contributed by atoms with Crippen LogP contribution >= 0.6 is 0 Å². The molecule has 0 aliphatic rings. The molecule has 0 saturated heterocycles. The first-order valence-electron chi connectivity index (χ1n) is 6.84. The van der Waals surface area contributed by atoms with Gasteiger partial charge in [-0.1, -0.05) is 0 Å². The molecule has 1 aromatic carbocycles. The zero-order valence-electron chi connectivity index (χ0n) is 12.3. The van der Waals surface area contributed by atoms with Crippen molar-refractivity contribution >= 4 is 23.2 Å². The molecular formula is C16H14N4O3. The summed E-state index contributed by atoms with van der Waals surface area (Å²) in [5.74, 6) is 1.52. The van der Waals surface area contributed by atoms with Crippen LogP contribution < -0.4 is 15.4 Å². The summed E-state index contributed by atoms with van der Waals surface area (Å²) in [6.45, 7) is 0. The summed E-state index contributed by atoms with van der Waals surface area (Å²) in [5, 5.41) is 13.7. The maximum absolute atomic E-state index is 11.8. The van der Waals surface area contributed by atoms with Crippen LogP contribution in [-0.2, 0) is 0 Å². The molecule has 0 saturated carbocycles. The predicted molar refractivity (Wildman–Crippen MR) is 85.0 cm³/mol. The fraction of sp³-hybridized carbons (Fsp3) is 0.0625. The van der Waals surface area contributed by atoms with Gasteiger partial charge in [0.15, 0.2) is 17.4 Å². The third kappa shape index (κ3) is 3.65. The fourth-order valence-electron chi connectivity index (χ4n) is 1.87. The van der Waals surface area contributed by atoms with Crippen LogP contribution in [0.5, 0.6) is 5.75 Å². The number of carbonyl (C=O) groups excluding carboxylic acids is 1. The summed E-state index contributed by atoms with van der Waals surface area (Å²) < 4.78 is 10.1. The average Bonchev–Trinajstić information content (AvgIpc) is 3.12. The number of nitrogens with zero attached hydrogens (tertiary/aromatic N) is 2. The van der Waals surface area contributed by atoms with Crippen molar-refractivity contribution in [3.8, 4) is 5.75 Å². The molecule has 0 fully saturated rings. The van der Waals surface area contributed by atoms with Crippen molar-refractivity contribution in [3.63, 3.8) is 0 Å². The van der Waals surface area contributed by atoms with E-state index < -0.39 is 0 Å². The number of aromatic nitrogens is 2. The predicted octanol–water partition coefficient (Wildman–Crippen LogP) is 3.07. The van der Waals surface area contributed by atoms with Crippen molar-refractivity contribution in [1.82, 2.24) is 10.2 Å². The lowest BCUT2D eigenvalue weighted by atomic mass is 10.3. The van der Waals surface area contributed by atoms with Crippen molar-refractivity contribution in [2.75, 3.05) is 17.7 Å². The van der Waals surface area contributed by atoms with Crippen molar-refractivity contribution in [2.45, 2.75) is 0 Å². The van der Waals surface area contributed by atoms with Gasteiger partial charge in [0.1, 0.15) is 5.75 Å². The van der Waals surface area contributed by atoms with Gasteiger partial charge in [-0.15, -0.1) is 10.2 Å². The van der Waals surface area contributed by atoms with Gasteiger partial charge >= 0.3 is 0 Å². The van der Waals surface area contributed by atoms with E-state index in [0.29, 0.717) is 11.6 Å². The van der Waals surface area contributed by atoms with Gasteiger partial charge in [0.25, 0.3) is 5.91 Å². The molecule has 1 amide bonds. The molecule has 0 spiro atoms. The first-order valence-corrected chi connectivity index (χ1v) is 6.84. The van der Waals surface area contributed by atoms with Gasteiger partial charge in [-0.05, 0) is 48.5 Å². The van der Waals surface area contributed by atoms with Crippen molar-refractivity contribution in [2.24, 2.45) is 0 Å². The van der Waals surface area contributed by atoms with E-state index in [4.69, 9.17) is 9.15 Å². The third-order valence-electron chi connectivity index (χ3n) is 3.01. The molecule has 2 N–H and O–H groups in total. The van der Waals surface area contributed by atoms with Gasteiger partial charge < -0.3 is 19.8 Å². The highest BCUT2D eigenvalue weighted by Crippen LogP contribution is 2.18. The lowest BCUT2D eigenvalue weighted by Gasteiger charge is -2.07. The van der Waals surface area contributed by atoms with Crippen molar-refractivity contribution in [1.29, 1.82) is 0 Å². The van der Waals surface area contributed by atoms with Crippen LogP contribution in [-0.4, -0.2) is 23.2 Å². The van der Waals surface area contributed by atoms with Crippen LogP contribution in [0.15, 0.2) is 59.2 Å². The Hall–Kier alpha value is -3.35.